The van der Waals surface area contributed by atoms with Crippen LogP contribution in [-0.2, 0) is 0 Å². The molecule has 0 aromatic heterocycles. The number of hydrogen-bond donors (Lipinski definition) is 1. The summed E-state index contributed by atoms with van der Waals surface area (Å²) in [5, 5.41) is 4.00. The monoisotopic (exact) mass is 462 g/mol. The summed E-state index contributed by atoms with van der Waals surface area (Å²) < 4.78 is 21.7. The molecule has 0 heterocycles. The van der Waals surface area contributed by atoms with Crippen molar-refractivity contribution in [2.24, 2.45) is 5.10 Å². The number of carbonyl (C=O) groups is 2. The van der Waals surface area contributed by atoms with Crippen molar-refractivity contribution in [3.63, 3.8) is 0 Å². The molecule has 3 aromatic carbocycles. The molecule has 0 unspecified atom stereocenters. The van der Waals surface area contributed by atoms with E-state index in [2.05, 4.69) is 10.5 Å². The van der Waals surface area contributed by atoms with Gasteiger partial charge < -0.3 is 18.9 Å². The Morgan fingerprint density at radius 2 is 1.62 bits per heavy atom. The Morgan fingerprint density at radius 1 is 0.882 bits per heavy atom. The van der Waals surface area contributed by atoms with E-state index in [1.165, 1.54) is 13.3 Å². The van der Waals surface area contributed by atoms with Crippen LogP contribution in [0.5, 0.6) is 23.0 Å². The Labute approximate surface area is 198 Å². The van der Waals surface area contributed by atoms with Gasteiger partial charge in [-0.3, -0.25) is 4.79 Å². The fourth-order valence-electron chi connectivity index (χ4n) is 3.03. The first-order valence-corrected chi connectivity index (χ1v) is 10.7. The minimum absolute atomic E-state index is 0.274. The lowest BCUT2D eigenvalue weighted by atomic mass is 10.2. The second-order valence-electron chi connectivity index (χ2n) is 6.89. The van der Waals surface area contributed by atoms with E-state index in [1.807, 2.05) is 13.8 Å². The highest BCUT2D eigenvalue weighted by Gasteiger charge is 2.14. The predicted molar refractivity (Wildman–Crippen MR) is 128 cm³/mol. The van der Waals surface area contributed by atoms with Crippen molar-refractivity contribution in [3.05, 3.63) is 83.4 Å². The summed E-state index contributed by atoms with van der Waals surface area (Å²) in [7, 11) is 1.49. The van der Waals surface area contributed by atoms with Crippen molar-refractivity contribution in [1.82, 2.24) is 5.43 Å². The van der Waals surface area contributed by atoms with E-state index in [0.29, 0.717) is 47.2 Å². The summed E-state index contributed by atoms with van der Waals surface area (Å²) in [5.74, 6) is 0.856. The first-order valence-electron chi connectivity index (χ1n) is 10.7. The molecule has 34 heavy (non-hydrogen) atoms. The molecule has 0 aliphatic heterocycles. The number of rotatable bonds is 10. The Balaban J connectivity index is 1.69. The number of para-hydroxylation sites is 1. The standard InChI is InChI=1S/C26H26N2O6/c1-4-32-20-13-11-19(12-14-20)26(30)34-23-15-10-18(16-24(23)33-5-2)17-27-28-25(29)21-8-6-7-9-22(21)31-3/h6-17H,4-5H2,1-3H3,(H,28,29)/b27-17-. The van der Waals surface area contributed by atoms with Crippen LogP contribution in [0.25, 0.3) is 0 Å². The lowest BCUT2D eigenvalue weighted by molar-refractivity contribution is 0.0728. The number of ether oxygens (including phenoxy) is 4. The highest BCUT2D eigenvalue weighted by Crippen LogP contribution is 2.29. The Morgan fingerprint density at radius 3 is 2.32 bits per heavy atom. The maximum Gasteiger partial charge on any atom is 0.343 e. The number of nitrogens with zero attached hydrogens (tertiary/aromatic N) is 1. The third-order valence-corrected chi connectivity index (χ3v) is 4.60. The van der Waals surface area contributed by atoms with Crippen LogP contribution in [0.4, 0.5) is 0 Å². The Hall–Kier alpha value is -4.33. The number of carbonyl (C=O) groups excluding carboxylic acids is 2. The maximum absolute atomic E-state index is 12.6. The van der Waals surface area contributed by atoms with E-state index in [1.54, 1.807) is 66.7 Å². The van der Waals surface area contributed by atoms with Gasteiger partial charge in [0.05, 0.1) is 37.7 Å². The molecule has 0 aliphatic carbocycles. The van der Waals surface area contributed by atoms with Crippen LogP contribution in [0, 0.1) is 0 Å². The van der Waals surface area contributed by atoms with Crippen LogP contribution in [0.1, 0.15) is 40.1 Å². The quantitative estimate of drug-likeness (QED) is 0.207. The van der Waals surface area contributed by atoms with E-state index in [9.17, 15) is 9.59 Å². The van der Waals surface area contributed by atoms with Crippen LogP contribution in [0.3, 0.4) is 0 Å². The zero-order valence-corrected chi connectivity index (χ0v) is 19.2. The highest BCUT2D eigenvalue weighted by atomic mass is 16.6. The fourth-order valence-corrected chi connectivity index (χ4v) is 3.03. The molecule has 8 nitrogen and oxygen atoms in total. The summed E-state index contributed by atoms with van der Waals surface area (Å²) in [4.78, 5) is 24.9. The normalized spacial score (nSPS) is 10.6. The zero-order valence-electron chi connectivity index (χ0n) is 19.2. The molecule has 3 rings (SSSR count). The zero-order chi connectivity index (χ0) is 24.3. The van der Waals surface area contributed by atoms with Crippen molar-refractivity contribution in [1.29, 1.82) is 0 Å². The van der Waals surface area contributed by atoms with Gasteiger partial charge in [-0.2, -0.15) is 5.10 Å². The lowest BCUT2D eigenvalue weighted by Crippen LogP contribution is -2.18. The molecule has 0 radical (unpaired) electrons. The van der Waals surface area contributed by atoms with Gasteiger partial charge in [0.15, 0.2) is 11.5 Å². The third-order valence-electron chi connectivity index (χ3n) is 4.60. The summed E-state index contributed by atoms with van der Waals surface area (Å²) in [5.41, 5.74) is 3.87. The van der Waals surface area contributed by atoms with Crippen molar-refractivity contribution >= 4 is 18.1 Å². The molecule has 1 amide bonds. The van der Waals surface area contributed by atoms with Crippen LogP contribution >= 0.6 is 0 Å². The minimum Gasteiger partial charge on any atom is -0.496 e. The second-order valence-corrected chi connectivity index (χ2v) is 6.89. The maximum atomic E-state index is 12.6. The molecule has 0 saturated carbocycles. The van der Waals surface area contributed by atoms with Crippen LogP contribution < -0.4 is 24.4 Å². The summed E-state index contributed by atoms with van der Waals surface area (Å²) in [6.45, 7) is 4.63. The smallest absolute Gasteiger partial charge is 0.343 e. The van der Waals surface area contributed by atoms with Gasteiger partial charge in [-0.15, -0.1) is 0 Å². The van der Waals surface area contributed by atoms with Gasteiger partial charge in [-0.05, 0) is 74.0 Å². The molecule has 1 N–H and O–H groups in total. The SMILES string of the molecule is CCOc1ccc(C(=O)Oc2ccc(/C=N\NC(=O)c3ccccc3OC)cc2OCC)cc1. The van der Waals surface area contributed by atoms with Crippen molar-refractivity contribution in [3.8, 4) is 23.0 Å². The summed E-state index contributed by atoms with van der Waals surface area (Å²) >= 11 is 0. The third kappa shape index (κ3) is 6.35. The minimum atomic E-state index is -0.519. The predicted octanol–water partition coefficient (Wildman–Crippen LogP) is 4.48. The average Bonchev–Trinajstić information content (AvgIpc) is 2.86. The Bertz CT molecular complexity index is 1160. The summed E-state index contributed by atoms with van der Waals surface area (Å²) in [6, 6.07) is 18.5. The van der Waals surface area contributed by atoms with Crippen LogP contribution in [0.15, 0.2) is 71.8 Å². The van der Waals surface area contributed by atoms with Crippen molar-refractivity contribution in [2.75, 3.05) is 20.3 Å². The number of esters is 1. The van der Waals surface area contributed by atoms with Gasteiger partial charge >= 0.3 is 5.97 Å². The van der Waals surface area contributed by atoms with Gasteiger partial charge in [0.1, 0.15) is 11.5 Å². The molecular weight excluding hydrogens is 436 g/mol. The Kier molecular flexibility index (Phi) is 8.62. The van der Waals surface area contributed by atoms with Gasteiger partial charge in [0, 0.05) is 0 Å². The molecule has 0 saturated heterocycles. The molecule has 0 aliphatic rings. The van der Waals surface area contributed by atoms with E-state index >= 15 is 0 Å². The van der Waals surface area contributed by atoms with E-state index in [-0.39, 0.29) is 5.75 Å². The van der Waals surface area contributed by atoms with E-state index in [0.717, 1.165) is 0 Å². The van der Waals surface area contributed by atoms with Gasteiger partial charge in [0.25, 0.3) is 5.91 Å². The van der Waals surface area contributed by atoms with Gasteiger partial charge in [-0.1, -0.05) is 12.1 Å². The molecule has 0 fully saturated rings. The molecule has 0 bridgehead atoms. The van der Waals surface area contributed by atoms with E-state index < -0.39 is 11.9 Å². The highest BCUT2D eigenvalue weighted by molar-refractivity contribution is 5.97. The molecular formula is C26H26N2O6. The van der Waals surface area contributed by atoms with Gasteiger partial charge in [-0.25, -0.2) is 10.2 Å². The number of hydrazone groups is 1. The summed E-state index contributed by atoms with van der Waals surface area (Å²) in [6.07, 6.45) is 1.47. The van der Waals surface area contributed by atoms with Crippen molar-refractivity contribution in [2.45, 2.75) is 13.8 Å². The first-order chi connectivity index (χ1) is 16.5. The van der Waals surface area contributed by atoms with Gasteiger partial charge in [0.2, 0.25) is 0 Å². The lowest BCUT2D eigenvalue weighted by Gasteiger charge is -2.11. The second kappa shape index (κ2) is 12.1. The van der Waals surface area contributed by atoms with Crippen LogP contribution in [-0.4, -0.2) is 38.4 Å². The number of amides is 1. The number of nitrogens with one attached hydrogen (secondary N) is 1. The van der Waals surface area contributed by atoms with Crippen molar-refractivity contribution < 1.29 is 28.5 Å². The van der Waals surface area contributed by atoms with E-state index in [4.69, 9.17) is 18.9 Å². The number of hydrogen-bond acceptors (Lipinski definition) is 7. The first kappa shape index (κ1) is 24.3. The molecule has 0 atom stereocenters. The average molecular weight is 463 g/mol. The molecule has 176 valence electrons. The molecule has 8 heteroatoms. The topological polar surface area (TPSA) is 95.5 Å². The molecule has 0 spiro atoms. The number of methoxy groups -OCH3 is 1. The van der Waals surface area contributed by atoms with Crippen LogP contribution in [0.2, 0.25) is 0 Å². The number of benzene rings is 3. The fraction of sp³-hybridized carbons (Fsp3) is 0.192. The molecule has 3 aromatic rings. The largest absolute Gasteiger partial charge is 0.496 e.